The zero-order chi connectivity index (χ0) is 26.0. The number of hydrogen-bond acceptors (Lipinski definition) is 6. The summed E-state index contributed by atoms with van der Waals surface area (Å²) in [6.07, 6.45) is 1.48. The maximum atomic E-state index is 13.2. The average molecular weight is 535 g/mol. The normalized spacial score (nSPS) is 21.0. The van der Waals surface area contributed by atoms with Crippen LogP contribution in [0, 0.1) is 0 Å². The molecule has 1 saturated heterocycles. The molecule has 0 aliphatic carbocycles. The van der Waals surface area contributed by atoms with E-state index < -0.39 is 12.0 Å². The van der Waals surface area contributed by atoms with Crippen molar-refractivity contribution in [2.75, 3.05) is 39.8 Å². The molecule has 192 valence electrons. The van der Waals surface area contributed by atoms with E-state index in [1.54, 1.807) is 49.2 Å². The van der Waals surface area contributed by atoms with Crippen LogP contribution >= 0.6 is 23.2 Å². The number of esters is 1. The molecule has 0 spiro atoms. The third-order valence-corrected chi connectivity index (χ3v) is 7.17. The van der Waals surface area contributed by atoms with Gasteiger partial charge in [0, 0.05) is 45.0 Å². The SMILES string of the molecule is CCOC(=O)C1=C(CN2CCN(C(=O)c3ccco3)C(C)C2)N(C)C(=O)NC1c1ccc(Cl)c(Cl)c1. The molecule has 36 heavy (non-hydrogen) atoms. The van der Waals surface area contributed by atoms with Crippen molar-refractivity contribution in [2.45, 2.75) is 25.9 Å². The number of amides is 3. The Kier molecular flexibility index (Phi) is 7.92. The number of urea groups is 1. The highest BCUT2D eigenvalue weighted by Crippen LogP contribution is 2.34. The van der Waals surface area contributed by atoms with Crippen LogP contribution in [0.2, 0.25) is 10.0 Å². The van der Waals surface area contributed by atoms with E-state index in [1.807, 2.05) is 6.92 Å². The number of piperazine rings is 1. The molecule has 2 atom stereocenters. The van der Waals surface area contributed by atoms with Crippen molar-refractivity contribution in [3.8, 4) is 0 Å². The van der Waals surface area contributed by atoms with Crippen molar-refractivity contribution in [3.63, 3.8) is 0 Å². The molecule has 1 N–H and O–H groups in total. The zero-order valence-corrected chi connectivity index (χ0v) is 21.8. The van der Waals surface area contributed by atoms with E-state index >= 15 is 0 Å². The molecule has 3 amide bonds. The molecule has 2 aliphatic heterocycles. The van der Waals surface area contributed by atoms with E-state index in [2.05, 4.69) is 10.2 Å². The first-order valence-corrected chi connectivity index (χ1v) is 12.4. The molecular weight excluding hydrogens is 507 g/mol. The molecule has 1 aromatic carbocycles. The van der Waals surface area contributed by atoms with Crippen LogP contribution in [0.1, 0.15) is 36.0 Å². The Balaban J connectivity index is 1.63. The molecule has 4 rings (SSSR count). The number of rotatable bonds is 6. The van der Waals surface area contributed by atoms with Gasteiger partial charge >= 0.3 is 12.0 Å². The highest BCUT2D eigenvalue weighted by atomic mass is 35.5. The number of halogens is 2. The standard InChI is InChI=1S/C25H28Cl2N4O5/c1-4-35-24(33)21-19(29(3)25(34)28-22(21)16-7-8-17(26)18(27)12-16)14-30-9-10-31(15(2)13-30)23(32)20-6-5-11-36-20/h5-8,11-12,15,22H,4,9-10,13-14H2,1-3H3,(H,28,34). The van der Waals surface area contributed by atoms with Crippen LogP contribution in [-0.4, -0.2) is 78.5 Å². The topological polar surface area (TPSA) is 95.3 Å². The lowest BCUT2D eigenvalue weighted by Crippen LogP contribution is -2.56. The van der Waals surface area contributed by atoms with Crippen LogP contribution in [-0.2, 0) is 9.53 Å². The molecule has 1 fully saturated rings. The molecule has 2 aliphatic rings. The highest BCUT2D eigenvalue weighted by Gasteiger charge is 2.38. The van der Waals surface area contributed by atoms with E-state index in [0.717, 1.165) is 0 Å². The Bertz CT molecular complexity index is 1180. The van der Waals surface area contributed by atoms with Gasteiger partial charge in [-0.25, -0.2) is 9.59 Å². The number of nitrogens with one attached hydrogen (secondary N) is 1. The Morgan fingerprint density at radius 1 is 1.19 bits per heavy atom. The van der Waals surface area contributed by atoms with E-state index in [9.17, 15) is 14.4 Å². The molecule has 11 heteroatoms. The van der Waals surface area contributed by atoms with Crippen LogP contribution in [0.4, 0.5) is 4.79 Å². The summed E-state index contributed by atoms with van der Waals surface area (Å²) in [4.78, 5) is 44.2. The van der Waals surface area contributed by atoms with Crippen LogP contribution in [0.25, 0.3) is 0 Å². The third-order valence-electron chi connectivity index (χ3n) is 6.43. The summed E-state index contributed by atoms with van der Waals surface area (Å²) in [6, 6.07) is 7.12. The number of furan rings is 1. The molecule has 2 aromatic rings. The fraction of sp³-hybridized carbons (Fsp3) is 0.400. The molecule has 0 bridgehead atoms. The number of hydrogen-bond donors (Lipinski definition) is 1. The van der Waals surface area contributed by atoms with Gasteiger partial charge in [-0.2, -0.15) is 0 Å². The van der Waals surface area contributed by atoms with Gasteiger partial charge < -0.3 is 19.4 Å². The van der Waals surface area contributed by atoms with Gasteiger partial charge in [0.25, 0.3) is 5.91 Å². The van der Waals surface area contributed by atoms with Gasteiger partial charge in [0.2, 0.25) is 0 Å². The average Bonchev–Trinajstić information content (AvgIpc) is 3.38. The van der Waals surface area contributed by atoms with E-state index in [4.69, 9.17) is 32.4 Å². The van der Waals surface area contributed by atoms with Crippen LogP contribution in [0.3, 0.4) is 0 Å². The van der Waals surface area contributed by atoms with Crippen LogP contribution in [0.5, 0.6) is 0 Å². The Labute approximate surface area is 219 Å². The van der Waals surface area contributed by atoms with Crippen molar-refractivity contribution in [3.05, 3.63) is 69.2 Å². The maximum Gasteiger partial charge on any atom is 0.338 e. The molecule has 3 heterocycles. The minimum absolute atomic E-state index is 0.100. The molecule has 0 saturated carbocycles. The summed E-state index contributed by atoms with van der Waals surface area (Å²) >= 11 is 12.3. The predicted molar refractivity (Wildman–Crippen MR) is 135 cm³/mol. The minimum atomic E-state index is -0.753. The second-order valence-corrected chi connectivity index (χ2v) is 9.57. The van der Waals surface area contributed by atoms with Gasteiger partial charge in [-0.05, 0) is 43.7 Å². The highest BCUT2D eigenvalue weighted by molar-refractivity contribution is 6.42. The lowest BCUT2D eigenvalue weighted by molar-refractivity contribution is -0.139. The van der Waals surface area contributed by atoms with Crippen LogP contribution < -0.4 is 5.32 Å². The van der Waals surface area contributed by atoms with E-state index in [-0.39, 0.29) is 24.6 Å². The number of carbonyl (C=O) groups excluding carboxylic acids is 3. The summed E-state index contributed by atoms with van der Waals surface area (Å²) in [5.74, 6) is -0.377. The first-order chi connectivity index (χ1) is 17.2. The van der Waals surface area contributed by atoms with Gasteiger partial charge in [0.1, 0.15) is 0 Å². The lowest BCUT2D eigenvalue weighted by atomic mass is 9.94. The van der Waals surface area contributed by atoms with Crippen molar-refractivity contribution in [1.29, 1.82) is 0 Å². The Morgan fingerprint density at radius 3 is 2.61 bits per heavy atom. The van der Waals surface area contributed by atoms with Gasteiger partial charge in [-0.1, -0.05) is 29.3 Å². The first-order valence-electron chi connectivity index (χ1n) is 11.7. The second kappa shape index (κ2) is 10.9. The quantitative estimate of drug-likeness (QED) is 0.563. The fourth-order valence-electron chi connectivity index (χ4n) is 4.57. The molecule has 0 radical (unpaired) electrons. The largest absolute Gasteiger partial charge is 0.463 e. The van der Waals surface area contributed by atoms with E-state index in [1.165, 1.54) is 11.2 Å². The summed E-state index contributed by atoms with van der Waals surface area (Å²) in [5.41, 5.74) is 1.49. The summed E-state index contributed by atoms with van der Waals surface area (Å²) in [5, 5.41) is 3.57. The number of likely N-dealkylation sites (N-methyl/N-ethyl adjacent to an activating group) is 1. The molecular formula is C25H28Cl2N4O5. The number of carbonyl (C=O) groups is 3. The monoisotopic (exact) mass is 534 g/mol. The predicted octanol–water partition coefficient (Wildman–Crippen LogP) is 3.95. The van der Waals surface area contributed by atoms with Crippen molar-refractivity contribution in [1.82, 2.24) is 20.0 Å². The van der Waals surface area contributed by atoms with Gasteiger partial charge in [-0.3, -0.25) is 14.6 Å². The summed E-state index contributed by atoms with van der Waals surface area (Å²) in [6.45, 7) is 5.80. The zero-order valence-electron chi connectivity index (χ0n) is 20.3. The summed E-state index contributed by atoms with van der Waals surface area (Å²) < 4.78 is 10.7. The van der Waals surface area contributed by atoms with Crippen molar-refractivity contribution in [2.24, 2.45) is 0 Å². The number of ether oxygens (including phenoxy) is 1. The fourth-order valence-corrected chi connectivity index (χ4v) is 4.88. The van der Waals surface area contributed by atoms with E-state index in [0.29, 0.717) is 58.8 Å². The lowest BCUT2D eigenvalue weighted by Gasteiger charge is -2.42. The molecule has 9 nitrogen and oxygen atoms in total. The van der Waals surface area contributed by atoms with Gasteiger partial charge in [0.15, 0.2) is 5.76 Å². The smallest absolute Gasteiger partial charge is 0.338 e. The number of benzene rings is 1. The third kappa shape index (κ3) is 5.23. The number of nitrogens with zero attached hydrogens (tertiary/aromatic N) is 3. The first kappa shape index (κ1) is 26.1. The second-order valence-electron chi connectivity index (χ2n) is 8.76. The van der Waals surface area contributed by atoms with Crippen LogP contribution in [0.15, 0.2) is 52.3 Å². The Morgan fingerprint density at radius 2 is 1.97 bits per heavy atom. The van der Waals surface area contributed by atoms with Gasteiger partial charge in [-0.15, -0.1) is 0 Å². The Hall–Kier alpha value is -3.01. The maximum absolute atomic E-state index is 13.2. The van der Waals surface area contributed by atoms with Crippen molar-refractivity contribution < 1.29 is 23.5 Å². The van der Waals surface area contributed by atoms with Crippen molar-refractivity contribution >= 4 is 41.1 Å². The molecule has 1 aromatic heterocycles. The van der Waals surface area contributed by atoms with Gasteiger partial charge in [0.05, 0.1) is 34.5 Å². The molecule has 2 unspecified atom stereocenters. The summed E-state index contributed by atoms with van der Waals surface area (Å²) in [7, 11) is 1.62. The minimum Gasteiger partial charge on any atom is -0.463 e.